The Hall–Kier alpha value is -0.680. The second-order valence-corrected chi connectivity index (χ2v) is 16.8. The van der Waals surface area contributed by atoms with E-state index in [0.717, 1.165) is 54.8 Å². The predicted molar refractivity (Wildman–Crippen MR) is 177 cm³/mol. The molecule has 0 spiro atoms. The fraction of sp³-hybridized carbons (Fsp3) is 0.917. The zero-order chi connectivity index (χ0) is 31.2. The van der Waals surface area contributed by atoms with Gasteiger partial charge in [0.15, 0.2) is 8.38 Å². The van der Waals surface area contributed by atoms with E-state index in [-0.39, 0.29) is 17.6 Å². The molecule has 0 aromatic carbocycles. The van der Waals surface area contributed by atoms with Gasteiger partial charge in [-0.05, 0) is 111 Å². The Kier molecular flexibility index (Phi) is 12.9. The maximum Gasteiger partial charge on any atom is 0.407 e. The first-order valence-corrected chi connectivity index (χ1v) is 19.4. The number of alkyl carbamates (subject to hydrolysis) is 1. The third-order valence-electron chi connectivity index (χ3n) is 12.3. The Bertz CT molecular complexity index is 927. The molecule has 43 heavy (non-hydrogen) atoms. The molecule has 5 unspecified atom stereocenters. The molecule has 2 N–H and O–H groups in total. The molecule has 0 aromatic heterocycles. The second kappa shape index (κ2) is 15.7. The average Bonchev–Trinajstić information content (AvgIpc) is 3.30. The van der Waals surface area contributed by atoms with Gasteiger partial charge in [-0.2, -0.15) is 0 Å². The van der Waals surface area contributed by atoms with Crippen molar-refractivity contribution in [2.45, 2.75) is 137 Å². The Labute approximate surface area is 264 Å². The zero-order valence-corrected chi connectivity index (χ0v) is 29.4. The first kappa shape index (κ1) is 35.2. The van der Waals surface area contributed by atoms with Crippen LogP contribution in [0.3, 0.4) is 0 Å². The van der Waals surface area contributed by atoms with Gasteiger partial charge >= 0.3 is 6.09 Å². The third kappa shape index (κ3) is 8.57. The van der Waals surface area contributed by atoms with E-state index in [1.165, 1.54) is 51.4 Å². The highest BCUT2D eigenvalue weighted by Crippen LogP contribution is 2.67. The average molecular weight is 622 g/mol. The van der Waals surface area contributed by atoms with Crippen molar-refractivity contribution < 1.29 is 23.7 Å². The minimum absolute atomic E-state index is 0.0482. The summed E-state index contributed by atoms with van der Waals surface area (Å²) in [5.41, 5.74) is 2.33. The van der Waals surface area contributed by atoms with Crippen molar-refractivity contribution in [1.29, 1.82) is 0 Å². The quantitative estimate of drug-likeness (QED) is 0.141. The number of aliphatic hydroxyl groups excluding tert-OH is 1. The van der Waals surface area contributed by atoms with Crippen LogP contribution in [0.5, 0.6) is 0 Å². The lowest BCUT2D eigenvalue weighted by atomic mass is 9.47. The van der Waals surface area contributed by atoms with Crippen LogP contribution >= 0.6 is 8.38 Å². The van der Waals surface area contributed by atoms with Gasteiger partial charge in [0.1, 0.15) is 6.10 Å². The molecule has 1 amide bonds. The molecule has 4 rings (SSSR count). The molecule has 4 aliphatic rings. The molecule has 248 valence electrons. The number of carbonyl (C=O) groups is 1. The van der Waals surface area contributed by atoms with Crippen molar-refractivity contribution in [1.82, 2.24) is 5.32 Å². The number of hydrogen-bond donors (Lipinski definition) is 2. The number of aliphatic hydroxyl groups is 1. The highest BCUT2D eigenvalue weighted by Gasteiger charge is 2.59. The van der Waals surface area contributed by atoms with Crippen molar-refractivity contribution in [3.8, 4) is 0 Å². The van der Waals surface area contributed by atoms with Crippen LogP contribution in [0.2, 0.25) is 0 Å². The van der Waals surface area contributed by atoms with Gasteiger partial charge in [-0.25, -0.2) is 4.79 Å². The number of ether oxygens (including phenoxy) is 1. The van der Waals surface area contributed by atoms with Gasteiger partial charge in [-0.3, -0.25) is 0 Å². The highest BCUT2D eigenvalue weighted by atomic mass is 31.2. The predicted octanol–water partition coefficient (Wildman–Crippen LogP) is 9.26. The lowest BCUT2D eigenvalue weighted by Gasteiger charge is -2.58. The normalized spacial score (nSPS) is 35.7. The van der Waals surface area contributed by atoms with E-state index in [9.17, 15) is 9.90 Å². The second-order valence-electron chi connectivity index (χ2n) is 15.4. The monoisotopic (exact) mass is 621 g/mol. The molecule has 0 saturated heterocycles. The molecule has 3 fully saturated rings. The Morgan fingerprint density at radius 2 is 1.84 bits per heavy atom. The van der Waals surface area contributed by atoms with E-state index in [1.54, 1.807) is 5.57 Å². The maximum absolute atomic E-state index is 12.6. The molecule has 0 bridgehead atoms. The van der Waals surface area contributed by atoms with Crippen LogP contribution in [0.25, 0.3) is 0 Å². The Balaban J connectivity index is 1.24. The fourth-order valence-corrected chi connectivity index (χ4v) is 10.8. The molecule has 10 atom stereocenters. The topological polar surface area (TPSA) is 77.0 Å². The molecule has 0 heterocycles. The largest absolute Gasteiger partial charge is 0.446 e. The summed E-state index contributed by atoms with van der Waals surface area (Å²) in [4.78, 5) is 12.6. The molecular weight excluding hydrogens is 557 g/mol. The van der Waals surface area contributed by atoms with Gasteiger partial charge in [0.05, 0.1) is 19.3 Å². The van der Waals surface area contributed by atoms with Gasteiger partial charge in [0.25, 0.3) is 0 Å². The summed E-state index contributed by atoms with van der Waals surface area (Å²) in [6.45, 7) is 17.9. The third-order valence-corrected chi connectivity index (χ3v) is 13.5. The number of hydrogen-bond acceptors (Lipinski definition) is 5. The fourth-order valence-electron chi connectivity index (χ4n) is 9.97. The zero-order valence-electron chi connectivity index (χ0n) is 28.5. The van der Waals surface area contributed by atoms with Gasteiger partial charge in [0, 0.05) is 19.6 Å². The summed E-state index contributed by atoms with van der Waals surface area (Å²) in [5, 5.41) is 13.1. The lowest BCUT2D eigenvalue weighted by Crippen LogP contribution is -2.51. The molecule has 6 nitrogen and oxygen atoms in total. The maximum atomic E-state index is 12.6. The molecule has 0 radical (unpaired) electrons. The number of fused-ring (bicyclic) bond motifs is 5. The van der Waals surface area contributed by atoms with E-state index >= 15 is 0 Å². The molecule has 0 aliphatic heterocycles. The van der Waals surface area contributed by atoms with E-state index in [0.29, 0.717) is 38.0 Å². The van der Waals surface area contributed by atoms with Gasteiger partial charge in [0.2, 0.25) is 0 Å². The highest BCUT2D eigenvalue weighted by molar-refractivity contribution is 7.46. The van der Waals surface area contributed by atoms with Crippen LogP contribution in [0, 0.1) is 46.3 Å². The van der Waals surface area contributed by atoms with E-state index in [2.05, 4.69) is 46.0 Å². The first-order chi connectivity index (χ1) is 20.5. The summed E-state index contributed by atoms with van der Waals surface area (Å²) >= 11 is 0. The molecule has 3 saturated carbocycles. The van der Waals surface area contributed by atoms with Crippen molar-refractivity contribution >= 4 is 14.5 Å². The lowest BCUT2D eigenvalue weighted by molar-refractivity contribution is -0.0581. The van der Waals surface area contributed by atoms with Crippen molar-refractivity contribution in [3.05, 3.63) is 11.6 Å². The van der Waals surface area contributed by atoms with E-state index in [4.69, 9.17) is 13.8 Å². The van der Waals surface area contributed by atoms with Crippen LogP contribution in [0.4, 0.5) is 4.79 Å². The van der Waals surface area contributed by atoms with Crippen LogP contribution in [-0.2, 0) is 13.8 Å². The van der Waals surface area contributed by atoms with Crippen LogP contribution in [0.1, 0.15) is 125 Å². The minimum atomic E-state index is -0.877. The first-order valence-electron chi connectivity index (χ1n) is 17.8. The number of amides is 1. The van der Waals surface area contributed by atoms with Gasteiger partial charge in [-0.15, -0.1) is 0 Å². The molecule has 7 heteroatoms. The SMILES string of the molecule is CCOP(C)OCCC(O)CCNC(=O)O[C@@H]1CC[C@]2(C)C(=CCC3C2CC[C@]2(C)C3CC[C@H]2[C@@H](C)CCCC(C)C)C1. The molecule has 4 aliphatic carbocycles. The van der Waals surface area contributed by atoms with Crippen LogP contribution in [0.15, 0.2) is 11.6 Å². The Morgan fingerprint density at radius 1 is 1.05 bits per heavy atom. The summed E-state index contributed by atoms with van der Waals surface area (Å²) in [7, 11) is -0.877. The molecular formula is C36H64NO5P. The smallest absolute Gasteiger partial charge is 0.407 e. The molecule has 0 aromatic rings. The van der Waals surface area contributed by atoms with Crippen molar-refractivity contribution in [3.63, 3.8) is 0 Å². The minimum Gasteiger partial charge on any atom is -0.446 e. The van der Waals surface area contributed by atoms with E-state index in [1.807, 2.05) is 13.6 Å². The standard InChI is InChI=1S/C36H64NO5P/c1-8-40-43(7)41-23-19-28(38)18-22-37-34(39)42-29-16-20-35(5)27(24-29)12-13-30-32-15-14-31(26(4)11-9-10-25(2)3)36(32,6)21-17-33(30)35/h12,25-26,28-33,38H,8-11,13-24H2,1-7H3,(H,37,39)/t26-,28?,29+,30?,31-,32?,33?,35+,36-,43?/m0/s1. The van der Waals surface area contributed by atoms with Crippen molar-refractivity contribution in [2.24, 2.45) is 46.3 Å². The summed E-state index contributed by atoms with van der Waals surface area (Å²) in [6, 6.07) is 0. The summed E-state index contributed by atoms with van der Waals surface area (Å²) < 4.78 is 16.9. The Morgan fingerprint density at radius 3 is 2.58 bits per heavy atom. The summed E-state index contributed by atoms with van der Waals surface area (Å²) in [5.74, 6) is 5.03. The van der Waals surface area contributed by atoms with Crippen molar-refractivity contribution in [2.75, 3.05) is 26.4 Å². The van der Waals surface area contributed by atoms with Crippen LogP contribution in [-0.4, -0.2) is 49.8 Å². The number of carbonyl (C=O) groups excluding carboxylic acids is 1. The number of rotatable bonds is 15. The number of nitrogens with one attached hydrogen (secondary N) is 1. The number of allylic oxidation sites excluding steroid dienone is 1. The van der Waals surface area contributed by atoms with E-state index < -0.39 is 14.5 Å². The summed E-state index contributed by atoms with van der Waals surface area (Å²) in [6.07, 6.45) is 16.6. The van der Waals surface area contributed by atoms with Crippen LogP contribution < -0.4 is 5.32 Å². The van der Waals surface area contributed by atoms with Gasteiger partial charge < -0.3 is 24.2 Å². The van der Waals surface area contributed by atoms with Gasteiger partial charge in [-0.1, -0.05) is 65.5 Å².